The van der Waals surface area contributed by atoms with Gasteiger partial charge in [0, 0.05) is 18.1 Å². The fraction of sp³-hybridized carbons (Fsp3) is 0.333. The van der Waals surface area contributed by atoms with Crippen molar-refractivity contribution in [1.29, 1.82) is 0 Å². The third-order valence-corrected chi connectivity index (χ3v) is 10.1. The smallest absolute Gasteiger partial charge is 0.343 e. The molecular formula is C48H52O10. The van der Waals surface area contributed by atoms with Gasteiger partial charge in [-0.25, -0.2) is 19.2 Å². The number of ether oxygens (including phenoxy) is 6. The average molecular weight is 789 g/mol. The molecule has 58 heavy (non-hydrogen) atoms. The van der Waals surface area contributed by atoms with Crippen molar-refractivity contribution in [3.8, 4) is 34.1 Å². The summed E-state index contributed by atoms with van der Waals surface area (Å²) >= 11 is 0. The van der Waals surface area contributed by atoms with Crippen molar-refractivity contribution in [2.45, 2.75) is 65.2 Å². The van der Waals surface area contributed by atoms with Crippen LogP contribution < -0.4 is 18.9 Å². The first-order valence-corrected chi connectivity index (χ1v) is 19.8. The number of esters is 4. The van der Waals surface area contributed by atoms with Crippen LogP contribution in [0.3, 0.4) is 0 Å². The Balaban J connectivity index is 1.06. The highest BCUT2D eigenvalue weighted by Crippen LogP contribution is 2.47. The number of carbonyl (C=O) groups is 4. The number of hydrogen-bond acceptors (Lipinski definition) is 10. The standard InChI is InChI=1S/C48H52O10/c1-6-45(49)55-26-8-10-32(3)24-28-53-37-16-12-35(13-17-37)47(51)57-39-20-22-41-42-23-21-40(31-44(42)34(5)43(41)30-39)58-48(52)36-14-18-38(19-15-36)54-29-25-33(4)11-9-27-56-46(50)7-2/h6-7,12-23,30-34H,1-2,8-11,24-29H2,3-5H3/t32-,33?,34?/m0/s1. The zero-order valence-corrected chi connectivity index (χ0v) is 33.5. The van der Waals surface area contributed by atoms with Gasteiger partial charge in [0.05, 0.1) is 37.6 Å². The summed E-state index contributed by atoms with van der Waals surface area (Å²) in [5, 5.41) is 0. The highest BCUT2D eigenvalue weighted by molar-refractivity contribution is 5.92. The lowest BCUT2D eigenvalue weighted by Gasteiger charge is -2.13. The van der Waals surface area contributed by atoms with Gasteiger partial charge >= 0.3 is 23.9 Å². The SMILES string of the molecule is C=CC(=O)OCCCC(C)CCOc1ccc(C(=O)Oc2ccc3c(c2)C(C)c2cc(OC(=O)c4ccc(OCC[C@@H](C)CCCOC(=O)C=C)cc4)ccc2-3)cc1. The van der Waals surface area contributed by atoms with E-state index in [2.05, 4.69) is 33.9 Å². The fourth-order valence-corrected chi connectivity index (χ4v) is 6.66. The van der Waals surface area contributed by atoms with Crippen molar-refractivity contribution in [2.24, 2.45) is 11.8 Å². The molecule has 0 saturated heterocycles. The lowest BCUT2D eigenvalue weighted by atomic mass is 9.99. The summed E-state index contributed by atoms with van der Waals surface area (Å²) in [5.41, 5.74) is 4.90. The van der Waals surface area contributed by atoms with Gasteiger partial charge in [-0.05, 0) is 145 Å². The maximum Gasteiger partial charge on any atom is 0.343 e. The molecule has 0 aliphatic heterocycles. The predicted molar refractivity (Wildman–Crippen MR) is 222 cm³/mol. The number of benzene rings is 4. The van der Waals surface area contributed by atoms with Crippen LogP contribution in [-0.4, -0.2) is 50.3 Å². The number of carbonyl (C=O) groups excluding carboxylic acids is 4. The lowest BCUT2D eigenvalue weighted by molar-refractivity contribution is -0.138. The van der Waals surface area contributed by atoms with E-state index in [4.69, 9.17) is 28.4 Å². The van der Waals surface area contributed by atoms with Crippen molar-refractivity contribution >= 4 is 23.9 Å². The van der Waals surface area contributed by atoms with Crippen LogP contribution in [0.25, 0.3) is 11.1 Å². The number of hydrogen-bond donors (Lipinski definition) is 0. The molecule has 0 fully saturated rings. The Hall–Kier alpha value is -6.16. The molecule has 0 N–H and O–H groups in total. The van der Waals surface area contributed by atoms with Crippen molar-refractivity contribution in [2.75, 3.05) is 26.4 Å². The molecule has 304 valence electrons. The van der Waals surface area contributed by atoms with Crippen LogP contribution in [0.5, 0.6) is 23.0 Å². The molecule has 1 aliphatic rings. The molecule has 0 heterocycles. The van der Waals surface area contributed by atoms with Gasteiger partial charge in [-0.3, -0.25) is 0 Å². The summed E-state index contributed by atoms with van der Waals surface area (Å²) in [5.74, 6) is 1.24. The molecule has 4 aromatic carbocycles. The van der Waals surface area contributed by atoms with Gasteiger partial charge in [0.2, 0.25) is 0 Å². The van der Waals surface area contributed by atoms with Crippen LogP contribution >= 0.6 is 0 Å². The van der Waals surface area contributed by atoms with E-state index in [1.54, 1.807) is 60.7 Å². The highest BCUT2D eigenvalue weighted by Gasteiger charge is 2.27. The second kappa shape index (κ2) is 21.4. The molecule has 5 rings (SSSR count). The van der Waals surface area contributed by atoms with Gasteiger partial charge < -0.3 is 28.4 Å². The third kappa shape index (κ3) is 12.4. The molecule has 10 nitrogen and oxygen atoms in total. The van der Waals surface area contributed by atoms with Gasteiger partial charge in [-0.2, -0.15) is 0 Å². The Morgan fingerprint density at radius 2 is 0.931 bits per heavy atom. The minimum atomic E-state index is -0.471. The zero-order chi connectivity index (χ0) is 41.4. The first-order chi connectivity index (χ1) is 28.0. The second-order valence-electron chi connectivity index (χ2n) is 14.6. The molecule has 10 heteroatoms. The molecule has 0 amide bonds. The van der Waals surface area contributed by atoms with Crippen molar-refractivity contribution in [1.82, 2.24) is 0 Å². The van der Waals surface area contributed by atoms with E-state index in [0.717, 1.165) is 72.9 Å². The topological polar surface area (TPSA) is 124 Å². The van der Waals surface area contributed by atoms with E-state index in [1.807, 2.05) is 24.3 Å². The first-order valence-electron chi connectivity index (χ1n) is 19.8. The minimum absolute atomic E-state index is 0.0230. The van der Waals surface area contributed by atoms with E-state index in [1.165, 1.54) is 0 Å². The fourth-order valence-electron chi connectivity index (χ4n) is 6.66. The zero-order valence-electron chi connectivity index (χ0n) is 33.5. The molecule has 0 spiro atoms. The van der Waals surface area contributed by atoms with Gasteiger partial charge in [0.15, 0.2) is 0 Å². The second-order valence-corrected chi connectivity index (χ2v) is 14.6. The van der Waals surface area contributed by atoms with E-state index in [9.17, 15) is 19.2 Å². The molecule has 2 unspecified atom stereocenters. The Morgan fingerprint density at radius 3 is 1.31 bits per heavy atom. The molecule has 0 aromatic heterocycles. The van der Waals surface area contributed by atoms with Crippen LogP contribution in [0.15, 0.2) is 110 Å². The summed E-state index contributed by atoms with van der Waals surface area (Å²) in [4.78, 5) is 48.4. The molecule has 1 aliphatic carbocycles. The summed E-state index contributed by atoms with van der Waals surface area (Å²) in [7, 11) is 0. The van der Waals surface area contributed by atoms with E-state index in [0.29, 0.717) is 72.4 Å². The van der Waals surface area contributed by atoms with Crippen LogP contribution in [0, 0.1) is 11.8 Å². The predicted octanol–water partition coefficient (Wildman–Crippen LogP) is 10.1. The van der Waals surface area contributed by atoms with Gasteiger partial charge in [0.25, 0.3) is 0 Å². The van der Waals surface area contributed by atoms with Crippen molar-refractivity contribution < 1.29 is 47.6 Å². The van der Waals surface area contributed by atoms with E-state index >= 15 is 0 Å². The maximum atomic E-state index is 13.1. The highest BCUT2D eigenvalue weighted by atomic mass is 16.5. The summed E-state index contributed by atoms with van der Waals surface area (Å²) in [6, 6.07) is 25.0. The number of fused-ring (bicyclic) bond motifs is 3. The summed E-state index contributed by atoms with van der Waals surface area (Å²) < 4.78 is 33.4. The Bertz CT molecular complexity index is 1900. The van der Waals surface area contributed by atoms with Gasteiger partial charge in [0.1, 0.15) is 23.0 Å². The Kier molecular flexibility index (Phi) is 15.8. The number of rotatable bonds is 22. The van der Waals surface area contributed by atoms with Crippen LogP contribution in [0.2, 0.25) is 0 Å². The normalized spacial score (nSPS) is 13.5. The molecule has 3 atom stereocenters. The molecule has 4 aromatic rings. The van der Waals surface area contributed by atoms with E-state index in [-0.39, 0.29) is 5.92 Å². The molecule has 0 saturated carbocycles. The lowest BCUT2D eigenvalue weighted by Crippen LogP contribution is -2.09. The molecule has 0 radical (unpaired) electrons. The van der Waals surface area contributed by atoms with Crippen LogP contribution in [-0.2, 0) is 19.1 Å². The van der Waals surface area contributed by atoms with Gasteiger partial charge in [-0.1, -0.05) is 46.1 Å². The van der Waals surface area contributed by atoms with E-state index < -0.39 is 23.9 Å². The Morgan fingerprint density at radius 1 is 0.552 bits per heavy atom. The molecule has 0 bridgehead atoms. The van der Waals surface area contributed by atoms with Gasteiger partial charge in [-0.15, -0.1) is 0 Å². The minimum Gasteiger partial charge on any atom is -0.494 e. The quantitative estimate of drug-likeness (QED) is 0.0329. The van der Waals surface area contributed by atoms with Crippen molar-refractivity contribution in [3.63, 3.8) is 0 Å². The van der Waals surface area contributed by atoms with Crippen LogP contribution in [0.4, 0.5) is 0 Å². The third-order valence-electron chi connectivity index (χ3n) is 10.1. The Labute approximate surface area is 340 Å². The maximum absolute atomic E-state index is 13.1. The summed E-state index contributed by atoms with van der Waals surface area (Å²) in [6.45, 7) is 14.9. The first kappa shape index (κ1) is 43.0. The summed E-state index contributed by atoms with van der Waals surface area (Å²) in [6.07, 6.45) is 7.42. The van der Waals surface area contributed by atoms with Crippen LogP contribution in [0.1, 0.15) is 97.1 Å². The average Bonchev–Trinajstić information content (AvgIpc) is 3.50. The monoisotopic (exact) mass is 788 g/mol. The largest absolute Gasteiger partial charge is 0.494 e. The molecular weight excluding hydrogens is 737 g/mol. The van der Waals surface area contributed by atoms with Crippen molar-refractivity contribution in [3.05, 3.63) is 132 Å².